The monoisotopic (exact) mass is 1440 g/mol. The standard InChI is InChI=1S/2C19H34.2C11H20.C11H22.2C11H20.5C2H6/c1-16(2)10-8-11-17(3)12-9-13-18(4)14-15-19(5,6)7;1-9-19(8,18(5,6)7)15-11-14-17(4)13-10-12-16(2)3;1-6-10(2)8-7-9-11(3,4)5;1-6-11(4,5)9-7-8-10(2)3;3*1-5-7-11(4)9-6-8-10(2)3;5*1-2/h10,12,14H,8-9,11,13,15H2,1-7H3;9,12,14H,1,10-11,13,15H2,2-8H3;6H,1-2,7-9H2,3-5H3;6,8H,1,7,9H2,2-5H3;8,11H,5-7,9H2,1-4H3;2*7-8H,5-6,9H2,1-4H3;5*1-2H3/b17-12+,18-14+;17-14+;;;;11-7+;11-7-;;;;;. The van der Waals surface area contributed by atoms with E-state index in [1.165, 1.54) is 203 Å². The van der Waals surface area contributed by atoms with E-state index >= 15 is 0 Å². The lowest BCUT2D eigenvalue weighted by atomic mass is 9.65. The molecule has 103 heavy (non-hydrogen) atoms. The first-order chi connectivity index (χ1) is 47.7. The van der Waals surface area contributed by atoms with Gasteiger partial charge in [-0.2, -0.15) is 0 Å². The van der Waals surface area contributed by atoms with Crippen molar-refractivity contribution in [2.45, 2.75) is 452 Å². The molecule has 0 aliphatic heterocycles. The molecule has 0 rings (SSSR count). The minimum Gasteiger partial charge on any atom is -0.103 e. The van der Waals surface area contributed by atoms with Crippen LogP contribution in [0.2, 0.25) is 0 Å². The number of hydrogen-bond acceptors (Lipinski definition) is 0. The smallest absolute Gasteiger partial charge is 0.00977 e. The van der Waals surface area contributed by atoms with Gasteiger partial charge in [0.05, 0.1) is 0 Å². The maximum atomic E-state index is 4.04. The summed E-state index contributed by atoms with van der Waals surface area (Å²) in [6, 6.07) is 0. The van der Waals surface area contributed by atoms with Crippen LogP contribution in [0.5, 0.6) is 0 Å². The number of hydrogen-bond donors (Lipinski definition) is 0. The Morgan fingerprint density at radius 2 is 0.612 bits per heavy atom. The summed E-state index contributed by atoms with van der Waals surface area (Å²) in [7, 11) is 0. The maximum absolute atomic E-state index is 4.04. The predicted octanol–water partition coefficient (Wildman–Crippen LogP) is 38.9. The van der Waals surface area contributed by atoms with Crippen LogP contribution in [-0.4, -0.2) is 0 Å². The third-order valence-electron chi connectivity index (χ3n) is 16.5. The van der Waals surface area contributed by atoms with Crippen LogP contribution in [0.3, 0.4) is 0 Å². The van der Waals surface area contributed by atoms with Gasteiger partial charge >= 0.3 is 0 Å². The summed E-state index contributed by atoms with van der Waals surface area (Å²) in [5.74, 6) is 0.913. The largest absolute Gasteiger partial charge is 0.103 e. The van der Waals surface area contributed by atoms with Crippen molar-refractivity contribution in [2.24, 2.45) is 33.0 Å². The molecular formula is C103H200. The molecule has 2 unspecified atom stereocenters. The first-order valence-corrected chi connectivity index (χ1v) is 42.4. The molecule has 0 saturated carbocycles. The van der Waals surface area contributed by atoms with Gasteiger partial charge in [0.15, 0.2) is 0 Å². The topological polar surface area (TPSA) is 0 Å². The molecule has 0 radical (unpaired) electrons. The minimum atomic E-state index is 0.212. The molecule has 0 N–H and O–H groups in total. The quantitative estimate of drug-likeness (QED) is 0.0438. The van der Waals surface area contributed by atoms with E-state index in [1.807, 2.05) is 81.4 Å². The van der Waals surface area contributed by atoms with Crippen molar-refractivity contribution < 1.29 is 0 Å². The van der Waals surface area contributed by atoms with E-state index in [0.29, 0.717) is 16.2 Å². The zero-order chi connectivity index (χ0) is 83.9. The molecule has 0 aliphatic rings. The highest BCUT2D eigenvalue weighted by atomic mass is 14.4. The summed E-state index contributed by atoms with van der Waals surface area (Å²) in [6.45, 7) is 109. The first-order valence-electron chi connectivity index (χ1n) is 42.4. The van der Waals surface area contributed by atoms with E-state index in [0.717, 1.165) is 24.3 Å². The molecule has 0 nitrogen and oxygen atoms in total. The van der Waals surface area contributed by atoms with Crippen molar-refractivity contribution in [3.63, 3.8) is 0 Å². The Morgan fingerprint density at radius 1 is 0.320 bits per heavy atom. The summed E-state index contributed by atoms with van der Waals surface area (Å²) in [6.07, 6.45) is 60.8. The summed E-state index contributed by atoms with van der Waals surface area (Å²) in [5, 5.41) is 0. The number of allylic oxidation sites excluding steroid dienone is 26. The highest BCUT2D eigenvalue weighted by Crippen LogP contribution is 2.43. The second kappa shape index (κ2) is 87.0. The molecule has 0 bridgehead atoms. The normalized spacial score (nSPS) is 11.9. The molecule has 0 aliphatic carbocycles. The van der Waals surface area contributed by atoms with Crippen LogP contribution in [0.15, 0.2) is 178 Å². The highest BCUT2D eigenvalue weighted by molar-refractivity contribution is 5.11. The molecule has 612 valence electrons. The Hall–Kier alpha value is -3.90. The third kappa shape index (κ3) is 125. The van der Waals surface area contributed by atoms with Crippen molar-refractivity contribution in [3.05, 3.63) is 178 Å². The molecule has 0 saturated heterocycles. The molecule has 0 aromatic rings. The average molecular weight is 1440 g/mol. The fraction of sp³-hybridized carbons (Fsp3) is 0.709. The van der Waals surface area contributed by atoms with Crippen LogP contribution in [0, 0.1) is 33.0 Å². The fourth-order valence-electron chi connectivity index (χ4n) is 9.07. The molecular weight excluding hydrogens is 1240 g/mol. The first kappa shape index (κ1) is 126. The van der Waals surface area contributed by atoms with Crippen LogP contribution in [0.4, 0.5) is 0 Å². The predicted molar refractivity (Wildman–Crippen MR) is 499 cm³/mol. The van der Waals surface area contributed by atoms with Crippen LogP contribution >= 0.6 is 0 Å². The third-order valence-corrected chi connectivity index (χ3v) is 16.5. The van der Waals surface area contributed by atoms with Crippen LogP contribution in [0.25, 0.3) is 0 Å². The Bertz CT molecular complexity index is 2170. The molecule has 0 heteroatoms. The second-order valence-corrected chi connectivity index (χ2v) is 33.1. The lowest BCUT2D eigenvalue weighted by molar-refractivity contribution is 0.157. The van der Waals surface area contributed by atoms with E-state index in [4.69, 9.17) is 0 Å². The van der Waals surface area contributed by atoms with Gasteiger partial charge in [-0.15, -0.1) is 13.2 Å². The van der Waals surface area contributed by atoms with E-state index in [-0.39, 0.29) is 10.8 Å². The summed E-state index contributed by atoms with van der Waals surface area (Å²) in [4.78, 5) is 0. The van der Waals surface area contributed by atoms with Gasteiger partial charge in [-0.05, 0) is 292 Å². The van der Waals surface area contributed by atoms with Gasteiger partial charge in [-0.3, -0.25) is 0 Å². The molecule has 0 heterocycles. The van der Waals surface area contributed by atoms with Crippen molar-refractivity contribution in [1.29, 1.82) is 0 Å². The minimum absolute atomic E-state index is 0.212. The lowest BCUT2D eigenvalue weighted by Gasteiger charge is -2.39. The zero-order valence-corrected chi connectivity index (χ0v) is 80.0. The molecule has 0 aromatic heterocycles. The van der Waals surface area contributed by atoms with Crippen molar-refractivity contribution in [2.75, 3.05) is 0 Å². The van der Waals surface area contributed by atoms with E-state index in [1.54, 1.807) is 0 Å². The van der Waals surface area contributed by atoms with Crippen LogP contribution in [0.1, 0.15) is 452 Å². The molecule has 0 amide bonds. The molecule has 0 spiro atoms. The van der Waals surface area contributed by atoms with Gasteiger partial charge in [0, 0.05) is 0 Å². The SMILES string of the molecule is C=CC(=C)CCCC(C)(C)C.C=CC(C)(C)CCC=C(C)C.C=CC(C)(CC/C=C(\C)CCC=C(C)C)C(C)(C)C.CC.CC.CC.CC.CC.CC(C)=CCC/C(C)=C/CC/C(C)=C/CC(C)(C)C.CC/C=C(/C)CCC=C(C)C.CC/C=C(\C)CCC=C(C)C.CCCC(C)CCC=C(C)C. The Morgan fingerprint density at radius 3 is 0.883 bits per heavy atom. The molecule has 0 aromatic carbocycles. The van der Waals surface area contributed by atoms with E-state index in [9.17, 15) is 0 Å². The Balaban J connectivity index is -0.0000000930. The zero-order valence-electron chi connectivity index (χ0n) is 80.0. The highest BCUT2D eigenvalue weighted by Gasteiger charge is 2.33. The molecule has 0 fully saturated rings. The maximum Gasteiger partial charge on any atom is -0.00977 e. The number of rotatable bonds is 35. The summed E-state index contributed by atoms with van der Waals surface area (Å²) >= 11 is 0. The van der Waals surface area contributed by atoms with Gasteiger partial charge in [0.2, 0.25) is 0 Å². The summed E-state index contributed by atoms with van der Waals surface area (Å²) < 4.78 is 0. The van der Waals surface area contributed by atoms with E-state index in [2.05, 4.69) is 328 Å². The average Bonchev–Trinajstić information content (AvgIpc) is 0.831. The Labute approximate surface area is 659 Å². The van der Waals surface area contributed by atoms with Gasteiger partial charge in [-0.1, -0.05) is 358 Å². The Kier molecular flexibility index (Phi) is 106. The lowest BCUT2D eigenvalue weighted by Crippen LogP contribution is -2.30. The van der Waals surface area contributed by atoms with Gasteiger partial charge in [0.1, 0.15) is 0 Å². The van der Waals surface area contributed by atoms with Crippen molar-refractivity contribution >= 4 is 0 Å². The van der Waals surface area contributed by atoms with Crippen LogP contribution in [-0.2, 0) is 0 Å². The van der Waals surface area contributed by atoms with E-state index < -0.39 is 0 Å². The van der Waals surface area contributed by atoms with Crippen LogP contribution < -0.4 is 0 Å². The van der Waals surface area contributed by atoms with Crippen molar-refractivity contribution in [3.8, 4) is 0 Å². The van der Waals surface area contributed by atoms with Gasteiger partial charge in [-0.25, -0.2) is 0 Å². The van der Waals surface area contributed by atoms with Crippen molar-refractivity contribution in [1.82, 2.24) is 0 Å². The molecule has 2 atom stereocenters. The second-order valence-electron chi connectivity index (χ2n) is 33.1. The fourth-order valence-corrected chi connectivity index (χ4v) is 9.07. The summed E-state index contributed by atoms with van der Waals surface area (Å²) in [5.41, 5.74) is 19.0. The van der Waals surface area contributed by atoms with Gasteiger partial charge < -0.3 is 0 Å². The van der Waals surface area contributed by atoms with Gasteiger partial charge in [0.25, 0.3) is 0 Å².